The van der Waals surface area contributed by atoms with Crippen molar-refractivity contribution in [3.8, 4) is 61.4 Å². The number of para-hydroxylation sites is 1. The van der Waals surface area contributed by atoms with Crippen molar-refractivity contribution < 1.29 is 4.74 Å². The van der Waals surface area contributed by atoms with Crippen LogP contribution in [0.2, 0.25) is 0 Å². The summed E-state index contributed by atoms with van der Waals surface area (Å²) in [6.07, 6.45) is 0. The Bertz CT molecular complexity index is 3250. The molecule has 1 spiro atoms. The SMILES string of the molecule is CC1(C)c2ccccc2-c2c(N(c3ccc(-c4cccc5c4OCc4ccccc4-5)cc3)c3cccc4c3-c3ccccc3C43c4ccccc4-c4ccccc43)cccc21. The van der Waals surface area contributed by atoms with Gasteiger partial charge < -0.3 is 9.64 Å². The number of hydrogen-bond acceptors (Lipinski definition) is 2. The fraction of sp³-hybridized carbons (Fsp3) is 0.0847. The van der Waals surface area contributed by atoms with Crippen LogP contribution >= 0.6 is 0 Å². The van der Waals surface area contributed by atoms with E-state index in [2.05, 4.69) is 219 Å². The van der Waals surface area contributed by atoms with Crippen LogP contribution < -0.4 is 9.64 Å². The number of fused-ring (bicyclic) bond motifs is 16. The summed E-state index contributed by atoms with van der Waals surface area (Å²) in [6, 6.07) is 74.6. The first-order valence-electron chi connectivity index (χ1n) is 21.5. The summed E-state index contributed by atoms with van der Waals surface area (Å²) in [5.41, 5.74) is 24.6. The molecule has 2 heteroatoms. The molecule has 61 heavy (non-hydrogen) atoms. The molecule has 0 aromatic heterocycles. The third kappa shape index (κ3) is 4.52. The molecule has 0 fully saturated rings. The van der Waals surface area contributed by atoms with Crippen molar-refractivity contribution in [1.29, 1.82) is 0 Å². The average Bonchev–Trinajstić information content (AvgIpc) is 3.88. The largest absolute Gasteiger partial charge is 0.488 e. The summed E-state index contributed by atoms with van der Waals surface area (Å²) in [6.45, 7) is 5.31. The highest BCUT2D eigenvalue weighted by atomic mass is 16.5. The third-order valence-electron chi connectivity index (χ3n) is 14.2. The molecule has 0 radical (unpaired) electrons. The van der Waals surface area contributed by atoms with Crippen molar-refractivity contribution >= 4 is 17.1 Å². The average molecular weight is 780 g/mol. The molecule has 0 amide bonds. The standard InChI is InChI=1S/C59H41NO/c1-58(2)47-24-9-7-20-45(47)55-51(58)28-14-30-53(55)60(39-34-32-37(33-35-39)41-22-13-23-44-40-17-4-3-16-38(40)36-61-57(41)44)54-31-15-29-52-56(54)46-21-8-12-27-50(46)59(52)48-25-10-5-18-42(48)43-19-6-11-26-49(43)59/h3-35H,36H2,1-2H3. The summed E-state index contributed by atoms with van der Waals surface area (Å²) in [7, 11) is 0. The zero-order valence-electron chi connectivity index (χ0n) is 34.1. The fourth-order valence-corrected chi connectivity index (χ4v) is 11.6. The lowest BCUT2D eigenvalue weighted by molar-refractivity contribution is 0.303. The Hall–Kier alpha value is -7.42. The number of ether oxygens (including phenoxy) is 1. The van der Waals surface area contributed by atoms with Crippen LogP contribution in [0, 0.1) is 0 Å². The molecule has 0 saturated carbocycles. The molecule has 1 aliphatic heterocycles. The van der Waals surface area contributed by atoms with Gasteiger partial charge in [-0.2, -0.15) is 0 Å². The Balaban J connectivity index is 1.07. The maximum Gasteiger partial charge on any atom is 0.135 e. The molecule has 1 heterocycles. The lowest BCUT2D eigenvalue weighted by Crippen LogP contribution is -2.26. The van der Waals surface area contributed by atoms with Crippen molar-refractivity contribution in [2.24, 2.45) is 0 Å². The van der Waals surface area contributed by atoms with Crippen LogP contribution in [0.5, 0.6) is 5.75 Å². The monoisotopic (exact) mass is 779 g/mol. The van der Waals surface area contributed by atoms with Gasteiger partial charge in [-0.1, -0.05) is 190 Å². The second-order valence-corrected chi connectivity index (χ2v) is 17.5. The third-order valence-corrected chi connectivity index (χ3v) is 14.2. The maximum atomic E-state index is 6.52. The van der Waals surface area contributed by atoms with E-state index in [4.69, 9.17) is 4.74 Å². The quantitative estimate of drug-likeness (QED) is 0.176. The molecular weight excluding hydrogens is 739 g/mol. The minimum Gasteiger partial charge on any atom is -0.488 e. The van der Waals surface area contributed by atoms with Gasteiger partial charge in [0.2, 0.25) is 0 Å². The number of hydrogen-bond donors (Lipinski definition) is 0. The van der Waals surface area contributed by atoms with Gasteiger partial charge in [-0.3, -0.25) is 0 Å². The van der Waals surface area contributed by atoms with E-state index in [1.54, 1.807) is 0 Å². The van der Waals surface area contributed by atoms with E-state index in [1.165, 1.54) is 89.3 Å². The number of benzene rings is 9. The van der Waals surface area contributed by atoms with Crippen LogP contribution in [0.1, 0.15) is 52.8 Å². The first kappa shape index (κ1) is 34.4. The normalized spacial score (nSPS) is 14.7. The molecule has 0 bridgehead atoms. The second kappa shape index (κ2) is 12.5. The zero-order chi connectivity index (χ0) is 40.5. The van der Waals surface area contributed by atoms with E-state index in [1.807, 2.05) is 0 Å². The lowest BCUT2D eigenvalue weighted by Gasteiger charge is -2.32. The van der Waals surface area contributed by atoms with Crippen LogP contribution in [-0.4, -0.2) is 0 Å². The fourth-order valence-electron chi connectivity index (χ4n) is 11.6. The Morgan fingerprint density at radius 3 is 1.51 bits per heavy atom. The Labute approximate surface area is 357 Å². The van der Waals surface area contributed by atoms with E-state index in [-0.39, 0.29) is 5.41 Å². The molecule has 13 rings (SSSR count). The molecule has 2 nitrogen and oxygen atoms in total. The molecule has 4 aliphatic rings. The summed E-state index contributed by atoms with van der Waals surface area (Å²) in [5, 5.41) is 0. The van der Waals surface area contributed by atoms with Gasteiger partial charge in [0.1, 0.15) is 12.4 Å². The van der Waals surface area contributed by atoms with E-state index >= 15 is 0 Å². The topological polar surface area (TPSA) is 12.5 Å². The minimum absolute atomic E-state index is 0.144. The minimum atomic E-state index is -0.442. The Kier molecular flexibility index (Phi) is 7.09. The molecule has 0 atom stereocenters. The number of nitrogens with zero attached hydrogens (tertiary/aromatic N) is 1. The first-order valence-corrected chi connectivity index (χ1v) is 21.5. The summed E-state index contributed by atoms with van der Waals surface area (Å²) in [4.78, 5) is 2.55. The highest BCUT2D eigenvalue weighted by molar-refractivity contribution is 6.03. The zero-order valence-corrected chi connectivity index (χ0v) is 34.1. The lowest BCUT2D eigenvalue weighted by atomic mass is 9.70. The maximum absolute atomic E-state index is 6.52. The van der Waals surface area contributed by atoms with Crippen molar-refractivity contribution in [3.63, 3.8) is 0 Å². The van der Waals surface area contributed by atoms with Crippen LogP contribution in [-0.2, 0) is 17.4 Å². The summed E-state index contributed by atoms with van der Waals surface area (Å²) in [5.74, 6) is 0.949. The predicted octanol–water partition coefficient (Wildman–Crippen LogP) is 15.0. The van der Waals surface area contributed by atoms with Crippen molar-refractivity contribution in [3.05, 3.63) is 239 Å². The summed E-state index contributed by atoms with van der Waals surface area (Å²) >= 11 is 0. The van der Waals surface area contributed by atoms with Crippen LogP contribution in [0.4, 0.5) is 17.1 Å². The smallest absolute Gasteiger partial charge is 0.135 e. The van der Waals surface area contributed by atoms with Crippen LogP contribution in [0.25, 0.3) is 55.6 Å². The number of rotatable bonds is 4. The van der Waals surface area contributed by atoms with E-state index in [0.29, 0.717) is 6.61 Å². The molecule has 0 saturated heterocycles. The van der Waals surface area contributed by atoms with Gasteiger partial charge in [0.05, 0.1) is 16.8 Å². The molecule has 0 N–H and O–H groups in total. The highest BCUT2D eigenvalue weighted by Gasteiger charge is 2.52. The van der Waals surface area contributed by atoms with Gasteiger partial charge in [0, 0.05) is 33.4 Å². The molecule has 9 aromatic rings. The van der Waals surface area contributed by atoms with Crippen molar-refractivity contribution in [2.75, 3.05) is 4.90 Å². The predicted molar refractivity (Wildman–Crippen MR) is 250 cm³/mol. The molecular formula is C59H41NO. The van der Waals surface area contributed by atoms with E-state index in [9.17, 15) is 0 Å². The Morgan fingerprint density at radius 1 is 0.377 bits per heavy atom. The first-order chi connectivity index (χ1) is 30.0. The molecule has 3 aliphatic carbocycles. The van der Waals surface area contributed by atoms with E-state index < -0.39 is 5.41 Å². The van der Waals surface area contributed by atoms with Crippen LogP contribution in [0.15, 0.2) is 200 Å². The van der Waals surface area contributed by atoms with Gasteiger partial charge in [-0.15, -0.1) is 0 Å². The van der Waals surface area contributed by atoms with Crippen LogP contribution in [0.3, 0.4) is 0 Å². The van der Waals surface area contributed by atoms with E-state index in [0.717, 1.165) is 28.1 Å². The number of anilines is 3. The molecule has 9 aromatic carbocycles. The van der Waals surface area contributed by atoms with Gasteiger partial charge in [-0.25, -0.2) is 0 Å². The van der Waals surface area contributed by atoms with Gasteiger partial charge >= 0.3 is 0 Å². The van der Waals surface area contributed by atoms with Gasteiger partial charge in [0.15, 0.2) is 0 Å². The van der Waals surface area contributed by atoms with Gasteiger partial charge in [0.25, 0.3) is 0 Å². The summed E-state index contributed by atoms with van der Waals surface area (Å²) < 4.78 is 6.52. The van der Waals surface area contributed by atoms with Crippen molar-refractivity contribution in [1.82, 2.24) is 0 Å². The highest BCUT2D eigenvalue weighted by Crippen LogP contribution is 2.65. The Morgan fingerprint density at radius 2 is 0.836 bits per heavy atom. The van der Waals surface area contributed by atoms with Crippen molar-refractivity contribution in [2.45, 2.75) is 31.3 Å². The van der Waals surface area contributed by atoms with Gasteiger partial charge in [-0.05, 0) is 96.6 Å². The second-order valence-electron chi connectivity index (χ2n) is 17.5. The molecule has 288 valence electrons. The molecule has 0 unspecified atom stereocenters.